The van der Waals surface area contributed by atoms with Crippen molar-refractivity contribution in [3.8, 4) is 0 Å². The van der Waals surface area contributed by atoms with E-state index < -0.39 is 5.97 Å². The van der Waals surface area contributed by atoms with Crippen LogP contribution in [0.4, 0.5) is 4.79 Å². The largest absolute Gasteiger partial charge is 0.481 e. The maximum absolute atomic E-state index is 11.6. The number of rotatable bonds is 6. The molecule has 2 amide bonds. The third-order valence-corrected chi connectivity index (χ3v) is 3.85. The Balaban J connectivity index is 2.47. The Morgan fingerprint density at radius 3 is 2.63 bits per heavy atom. The van der Waals surface area contributed by atoms with Gasteiger partial charge in [0.1, 0.15) is 0 Å². The summed E-state index contributed by atoms with van der Waals surface area (Å²) in [6.45, 7) is 8.69. The van der Waals surface area contributed by atoms with E-state index in [1.54, 1.807) is 0 Å². The molecular formula is C14H26N2O3. The minimum Gasteiger partial charge on any atom is -0.481 e. The molecule has 5 nitrogen and oxygen atoms in total. The van der Waals surface area contributed by atoms with Gasteiger partial charge >= 0.3 is 12.0 Å². The lowest BCUT2D eigenvalue weighted by molar-refractivity contribution is -0.137. The van der Waals surface area contributed by atoms with E-state index >= 15 is 0 Å². The van der Waals surface area contributed by atoms with Crippen LogP contribution in [-0.2, 0) is 4.79 Å². The number of hydrogen-bond acceptors (Lipinski definition) is 2. The Labute approximate surface area is 115 Å². The molecule has 0 saturated carbocycles. The molecule has 1 aliphatic rings. The first-order valence-electron chi connectivity index (χ1n) is 7.05. The van der Waals surface area contributed by atoms with E-state index in [4.69, 9.17) is 5.11 Å². The molecular weight excluding hydrogens is 244 g/mol. The molecule has 1 rings (SSSR count). The van der Waals surface area contributed by atoms with E-state index in [-0.39, 0.29) is 17.9 Å². The normalized spacial score (nSPS) is 18.1. The van der Waals surface area contributed by atoms with Crippen LogP contribution >= 0.6 is 0 Å². The zero-order valence-corrected chi connectivity index (χ0v) is 12.2. The summed E-state index contributed by atoms with van der Waals surface area (Å²) in [6.07, 6.45) is 2.73. The highest BCUT2D eigenvalue weighted by atomic mass is 16.4. The molecule has 1 saturated heterocycles. The second-order valence-electron chi connectivity index (χ2n) is 6.36. The fourth-order valence-electron chi connectivity index (χ4n) is 2.51. The first kappa shape index (κ1) is 15.8. The minimum absolute atomic E-state index is 0.0112. The van der Waals surface area contributed by atoms with Crippen molar-refractivity contribution in [2.24, 2.45) is 11.3 Å². The monoisotopic (exact) mass is 270 g/mol. The van der Waals surface area contributed by atoms with E-state index in [9.17, 15) is 9.59 Å². The molecule has 0 aromatic rings. The summed E-state index contributed by atoms with van der Waals surface area (Å²) in [6, 6.07) is 0.0112. The SMILES string of the molecule is CC(C)(C)C(CCC(=O)O)CCN1CCCNC1=O. The smallest absolute Gasteiger partial charge is 0.317 e. The van der Waals surface area contributed by atoms with Crippen molar-refractivity contribution in [1.29, 1.82) is 0 Å². The lowest BCUT2D eigenvalue weighted by atomic mass is 9.76. The molecule has 2 N–H and O–H groups in total. The molecule has 1 aliphatic heterocycles. The van der Waals surface area contributed by atoms with Crippen molar-refractivity contribution in [2.75, 3.05) is 19.6 Å². The number of hydrogen-bond donors (Lipinski definition) is 2. The average molecular weight is 270 g/mol. The van der Waals surface area contributed by atoms with Gasteiger partial charge in [-0.3, -0.25) is 4.79 Å². The fourth-order valence-corrected chi connectivity index (χ4v) is 2.51. The van der Waals surface area contributed by atoms with Crippen molar-refractivity contribution in [3.63, 3.8) is 0 Å². The van der Waals surface area contributed by atoms with Crippen LogP contribution in [0.25, 0.3) is 0 Å². The summed E-state index contributed by atoms with van der Waals surface area (Å²) >= 11 is 0. The summed E-state index contributed by atoms with van der Waals surface area (Å²) in [5, 5.41) is 11.7. The van der Waals surface area contributed by atoms with E-state index in [2.05, 4.69) is 26.1 Å². The van der Waals surface area contributed by atoms with Crippen LogP contribution in [-0.4, -0.2) is 41.6 Å². The predicted molar refractivity (Wildman–Crippen MR) is 74.0 cm³/mol. The summed E-state index contributed by atoms with van der Waals surface area (Å²) in [7, 11) is 0. The lowest BCUT2D eigenvalue weighted by Gasteiger charge is -2.34. The van der Waals surface area contributed by atoms with Gasteiger partial charge < -0.3 is 15.3 Å². The number of carbonyl (C=O) groups excluding carboxylic acids is 1. The van der Waals surface area contributed by atoms with Crippen LogP contribution in [0, 0.1) is 11.3 Å². The zero-order valence-electron chi connectivity index (χ0n) is 12.2. The van der Waals surface area contributed by atoms with Gasteiger partial charge in [0.15, 0.2) is 0 Å². The van der Waals surface area contributed by atoms with Gasteiger partial charge in [0.2, 0.25) is 0 Å². The molecule has 5 heteroatoms. The maximum Gasteiger partial charge on any atom is 0.317 e. The van der Waals surface area contributed by atoms with E-state index in [0.29, 0.717) is 18.9 Å². The summed E-state index contributed by atoms with van der Waals surface area (Å²) in [5.41, 5.74) is 0.0711. The van der Waals surface area contributed by atoms with Crippen LogP contribution in [0.3, 0.4) is 0 Å². The van der Waals surface area contributed by atoms with Gasteiger partial charge in [-0.25, -0.2) is 4.79 Å². The first-order valence-corrected chi connectivity index (χ1v) is 7.05. The van der Waals surface area contributed by atoms with Gasteiger partial charge in [-0.2, -0.15) is 0 Å². The Morgan fingerprint density at radius 1 is 1.42 bits per heavy atom. The highest BCUT2D eigenvalue weighted by Crippen LogP contribution is 2.32. The maximum atomic E-state index is 11.6. The number of carboxylic acid groups (broad SMARTS) is 1. The second kappa shape index (κ2) is 6.78. The molecule has 110 valence electrons. The standard InChI is InChI=1S/C14H26N2O3/c1-14(2,3)11(5-6-12(17)18)7-10-16-9-4-8-15-13(16)19/h11H,4-10H2,1-3H3,(H,15,19)(H,17,18). The van der Waals surface area contributed by atoms with Gasteiger partial charge in [0.25, 0.3) is 0 Å². The van der Waals surface area contributed by atoms with Crippen LogP contribution in [0.5, 0.6) is 0 Å². The van der Waals surface area contributed by atoms with Crippen LogP contribution in [0.2, 0.25) is 0 Å². The van der Waals surface area contributed by atoms with Crippen LogP contribution in [0.15, 0.2) is 0 Å². The van der Waals surface area contributed by atoms with E-state index in [1.807, 2.05) is 4.90 Å². The molecule has 0 bridgehead atoms. The zero-order chi connectivity index (χ0) is 14.5. The van der Waals surface area contributed by atoms with E-state index in [0.717, 1.165) is 25.9 Å². The lowest BCUT2D eigenvalue weighted by Crippen LogP contribution is -2.47. The summed E-state index contributed by atoms with van der Waals surface area (Å²) < 4.78 is 0. The number of carbonyl (C=O) groups is 2. The van der Waals surface area contributed by atoms with Crippen LogP contribution in [0.1, 0.15) is 46.5 Å². The quantitative estimate of drug-likeness (QED) is 0.778. The first-order chi connectivity index (χ1) is 8.80. The molecule has 0 aliphatic carbocycles. The fraction of sp³-hybridized carbons (Fsp3) is 0.857. The van der Waals surface area contributed by atoms with Gasteiger partial charge in [0.05, 0.1) is 0 Å². The molecule has 1 atom stereocenters. The summed E-state index contributed by atoms with van der Waals surface area (Å²) in [5.74, 6) is -0.428. The average Bonchev–Trinajstić information content (AvgIpc) is 2.29. The van der Waals surface area contributed by atoms with Gasteiger partial charge in [-0.15, -0.1) is 0 Å². The number of carboxylic acids is 1. The number of aliphatic carboxylic acids is 1. The molecule has 19 heavy (non-hydrogen) atoms. The molecule has 0 aromatic heterocycles. The molecule has 1 heterocycles. The van der Waals surface area contributed by atoms with E-state index in [1.165, 1.54) is 0 Å². The molecule has 0 radical (unpaired) electrons. The minimum atomic E-state index is -0.745. The number of urea groups is 1. The Morgan fingerprint density at radius 2 is 2.11 bits per heavy atom. The third kappa shape index (κ3) is 5.49. The topological polar surface area (TPSA) is 69.6 Å². The molecule has 1 fully saturated rings. The molecule has 1 unspecified atom stereocenters. The highest BCUT2D eigenvalue weighted by molar-refractivity contribution is 5.74. The highest BCUT2D eigenvalue weighted by Gasteiger charge is 2.27. The molecule has 0 aromatic carbocycles. The second-order valence-corrected chi connectivity index (χ2v) is 6.36. The van der Waals surface area contributed by atoms with Gasteiger partial charge in [0, 0.05) is 26.1 Å². The van der Waals surface area contributed by atoms with Crippen molar-refractivity contribution in [3.05, 3.63) is 0 Å². The number of nitrogens with zero attached hydrogens (tertiary/aromatic N) is 1. The predicted octanol–water partition coefficient (Wildman–Crippen LogP) is 2.32. The Kier molecular flexibility index (Phi) is 5.63. The number of nitrogens with one attached hydrogen (secondary N) is 1. The Hall–Kier alpha value is -1.26. The number of amides is 2. The summed E-state index contributed by atoms with van der Waals surface area (Å²) in [4.78, 5) is 24.2. The Bertz CT molecular complexity index is 323. The van der Waals surface area contributed by atoms with Crippen molar-refractivity contribution in [2.45, 2.75) is 46.5 Å². The van der Waals surface area contributed by atoms with Crippen LogP contribution < -0.4 is 5.32 Å². The van der Waals surface area contributed by atoms with Gasteiger partial charge in [-0.1, -0.05) is 20.8 Å². The van der Waals surface area contributed by atoms with Crippen molar-refractivity contribution in [1.82, 2.24) is 10.2 Å². The molecule has 0 spiro atoms. The van der Waals surface area contributed by atoms with Crippen molar-refractivity contribution < 1.29 is 14.7 Å². The third-order valence-electron chi connectivity index (χ3n) is 3.85. The van der Waals surface area contributed by atoms with Crippen molar-refractivity contribution >= 4 is 12.0 Å². The van der Waals surface area contributed by atoms with Gasteiger partial charge in [-0.05, 0) is 30.6 Å².